The summed E-state index contributed by atoms with van der Waals surface area (Å²) in [6, 6.07) is 10.1. The van der Waals surface area contributed by atoms with Crippen LogP contribution in [-0.4, -0.2) is 49.1 Å². The monoisotopic (exact) mass is 381 g/mol. The van der Waals surface area contributed by atoms with E-state index in [-0.39, 0.29) is 6.03 Å². The molecule has 6 nitrogen and oxygen atoms in total. The molecule has 1 saturated heterocycles. The van der Waals surface area contributed by atoms with Crippen LogP contribution in [0.2, 0.25) is 0 Å². The van der Waals surface area contributed by atoms with Gasteiger partial charge < -0.3 is 20.4 Å². The Morgan fingerprint density at radius 1 is 1.04 bits per heavy atom. The molecule has 0 unspecified atom stereocenters. The molecule has 1 aliphatic heterocycles. The lowest BCUT2D eigenvalue weighted by atomic mass is 10.0. The quantitative estimate of drug-likeness (QED) is 0.806. The summed E-state index contributed by atoms with van der Waals surface area (Å²) in [5.41, 5.74) is 4.25. The molecule has 2 aromatic rings. The van der Waals surface area contributed by atoms with E-state index in [0.29, 0.717) is 6.54 Å². The van der Waals surface area contributed by atoms with E-state index in [1.807, 2.05) is 24.4 Å². The second-order valence-corrected chi connectivity index (χ2v) is 7.28. The normalized spacial score (nSPS) is 14.8. The van der Waals surface area contributed by atoms with Crippen LogP contribution >= 0.6 is 0 Å². The number of para-hydroxylation sites is 1. The lowest BCUT2D eigenvalue weighted by Crippen LogP contribution is -2.44. The van der Waals surface area contributed by atoms with Crippen molar-refractivity contribution in [1.29, 1.82) is 0 Å². The first-order valence-corrected chi connectivity index (χ1v) is 10.1. The van der Waals surface area contributed by atoms with Gasteiger partial charge >= 0.3 is 6.03 Å². The number of benzene rings is 1. The number of aromatic nitrogens is 1. The summed E-state index contributed by atoms with van der Waals surface area (Å²) in [6.07, 6.45) is 3.63. The van der Waals surface area contributed by atoms with Crippen LogP contribution in [0.3, 0.4) is 0 Å². The number of anilines is 2. The largest absolute Gasteiger partial charge is 0.354 e. The average Bonchev–Trinajstić information content (AvgIpc) is 2.73. The Kier molecular flexibility index (Phi) is 6.87. The number of urea groups is 1. The predicted molar refractivity (Wildman–Crippen MR) is 115 cm³/mol. The van der Waals surface area contributed by atoms with Crippen LogP contribution in [0.5, 0.6) is 0 Å². The van der Waals surface area contributed by atoms with E-state index < -0.39 is 0 Å². The number of carbonyl (C=O) groups is 1. The van der Waals surface area contributed by atoms with E-state index >= 15 is 0 Å². The van der Waals surface area contributed by atoms with Crippen LogP contribution in [0.25, 0.3) is 0 Å². The van der Waals surface area contributed by atoms with Crippen molar-refractivity contribution in [3.63, 3.8) is 0 Å². The molecule has 28 heavy (non-hydrogen) atoms. The van der Waals surface area contributed by atoms with Crippen molar-refractivity contribution in [2.75, 3.05) is 43.4 Å². The molecule has 3 rings (SSSR count). The molecule has 0 spiro atoms. The second kappa shape index (κ2) is 9.55. The third kappa shape index (κ3) is 5.01. The summed E-state index contributed by atoms with van der Waals surface area (Å²) >= 11 is 0. The van der Waals surface area contributed by atoms with E-state index in [9.17, 15) is 4.79 Å². The number of carbonyl (C=O) groups excluding carboxylic acids is 1. The summed E-state index contributed by atoms with van der Waals surface area (Å²) in [6.45, 7) is 8.78. The zero-order valence-corrected chi connectivity index (χ0v) is 17.2. The standard InChI is InChI=1S/C22H31N5O/c1-4-18-7-6-8-19(5-2)21(18)25-22(28)24-16-17-9-10-20(23-15-17)27-13-11-26(3)12-14-27/h6-10,15H,4-5,11-14,16H2,1-3H3,(H2,24,25,28). The van der Waals surface area contributed by atoms with Crippen LogP contribution < -0.4 is 15.5 Å². The number of hydrogen-bond acceptors (Lipinski definition) is 4. The summed E-state index contributed by atoms with van der Waals surface area (Å²) in [5.74, 6) is 1.01. The maximum atomic E-state index is 12.4. The molecule has 0 aliphatic carbocycles. The van der Waals surface area contributed by atoms with Crippen LogP contribution in [-0.2, 0) is 19.4 Å². The van der Waals surface area contributed by atoms with Gasteiger partial charge in [0.05, 0.1) is 0 Å². The fraction of sp³-hybridized carbons (Fsp3) is 0.455. The zero-order chi connectivity index (χ0) is 19.9. The number of pyridine rings is 1. The number of nitrogens with zero attached hydrogens (tertiary/aromatic N) is 3. The zero-order valence-electron chi connectivity index (χ0n) is 17.2. The molecule has 0 radical (unpaired) electrons. The summed E-state index contributed by atoms with van der Waals surface area (Å²) < 4.78 is 0. The summed E-state index contributed by atoms with van der Waals surface area (Å²) in [4.78, 5) is 21.6. The number of rotatable bonds is 6. The second-order valence-electron chi connectivity index (χ2n) is 7.28. The average molecular weight is 382 g/mol. The van der Waals surface area contributed by atoms with Crippen molar-refractivity contribution in [2.24, 2.45) is 0 Å². The van der Waals surface area contributed by atoms with Gasteiger partial charge in [-0.05, 0) is 42.6 Å². The highest BCUT2D eigenvalue weighted by atomic mass is 16.2. The molecule has 2 heterocycles. The van der Waals surface area contributed by atoms with Crippen molar-refractivity contribution in [3.05, 3.63) is 53.2 Å². The summed E-state index contributed by atoms with van der Waals surface area (Å²) in [7, 11) is 2.15. The van der Waals surface area contributed by atoms with Gasteiger partial charge in [0.25, 0.3) is 0 Å². The molecule has 0 atom stereocenters. The van der Waals surface area contributed by atoms with Gasteiger partial charge in [0.2, 0.25) is 0 Å². The van der Waals surface area contributed by atoms with Gasteiger partial charge in [-0.2, -0.15) is 0 Å². The molecular weight excluding hydrogens is 350 g/mol. The van der Waals surface area contributed by atoms with E-state index in [1.54, 1.807) is 0 Å². The van der Waals surface area contributed by atoms with Crippen molar-refractivity contribution < 1.29 is 4.79 Å². The number of nitrogens with one attached hydrogen (secondary N) is 2. The van der Waals surface area contributed by atoms with Gasteiger partial charge in [0.15, 0.2) is 0 Å². The molecule has 0 saturated carbocycles. The van der Waals surface area contributed by atoms with Crippen molar-refractivity contribution in [1.82, 2.24) is 15.2 Å². The van der Waals surface area contributed by atoms with Gasteiger partial charge in [0, 0.05) is 44.6 Å². The molecule has 1 fully saturated rings. The van der Waals surface area contributed by atoms with Crippen molar-refractivity contribution >= 4 is 17.5 Å². The first-order valence-electron chi connectivity index (χ1n) is 10.1. The Hall–Kier alpha value is -2.60. The molecule has 6 heteroatoms. The fourth-order valence-corrected chi connectivity index (χ4v) is 3.49. The van der Waals surface area contributed by atoms with E-state index in [4.69, 9.17) is 0 Å². The van der Waals surface area contributed by atoms with Gasteiger partial charge in [-0.25, -0.2) is 9.78 Å². The Balaban J connectivity index is 1.55. The molecule has 1 aliphatic rings. The SMILES string of the molecule is CCc1cccc(CC)c1NC(=O)NCc1ccc(N2CCN(C)CC2)nc1. The molecule has 2 N–H and O–H groups in total. The highest BCUT2D eigenvalue weighted by Gasteiger charge is 2.15. The molecule has 0 bridgehead atoms. The summed E-state index contributed by atoms with van der Waals surface area (Å²) in [5, 5.41) is 5.98. The van der Waals surface area contributed by atoms with Gasteiger partial charge in [-0.3, -0.25) is 0 Å². The molecule has 1 aromatic carbocycles. The maximum Gasteiger partial charge on any atom is 0.319 e. The molecule has 2 amide bonds. The van der Waals surface area contributed by atoms with E-state index in [1.165, 1.54) is 0 Å². The van der Waals surface area contributed by atoms with Crippen LogP contribution in [0.4, 0.5) is 16.3 Å². The minimum absolute atomic E-state index is 0.182. The van der Waals surface area contributed by atoms with Gasteiger partial charge in [-0.1, -0.05) is 38.1 Å². The van der Waals surface area contributed by atoms with Crippen LogP contribution in [0.15, 0.2) is 36.5 Å². The first-order chi connectivity index (χ1) is 13.6. The highest BCUT2D eigenvalue weighted by molar-refractivity contribution is 5.91. The Labute approximate surface area is 167 Å². The first kappa shape index (κ1) is 20.1. The van der Waals surface area contributed by atoms with E-state index in [0.717, 1.165) is 67.2 Å². The van der Waals surface area contributed by atoms with Gasteiger partial charge in [0.1, 0.15) is 5.82 Å². The number of hydrogen-bond donors (Lipinski definition) is 2. The van der Waals surface area contributed by atoms with E-state index in [2.05, 4.69) is 58.4 Å². The van der Waals surface area contributed by atoms with Gasteiger partial charge in [-0.15, -0.1) is 0 Å². The molecule has 1 aromatic heterocycles. The smallest absolute Gasteiger partial charge is 0.319 e. The number of aryl methyl sites for hydroxylation is 2. The fourth-order valence-electron chi connectivity index (χ4n) is 3.49. The number of amides is 2. The lowest BCUT2D eigenvalue weighted by Gasteiger charge is -2.33. The third-order valence-electron chi connectivity index (χ3n) is 5.33. The topological polar surface area (TPSA) is 60.5 Å². The molecule has 150 valence electrons. The van der Waals surface area contributed by atoms with Crippen LogP contribution in [0, 0.1) is 0 Å². The Morgan fingerprint density at radius 2 is 1.71 bits per heavy atom. The third-order valence-corrected chi connectivity index (χ3v) is 5.33. The highest BCUT2D eigenvalue weighted by Crippen LogP contribution is 2.22. The maximum absolute atomic E-state index is 12.4. The Morgan fingerprint density at radius 3 is 2.29 bits per heavy atom. The minimum atomic E-state index is -0.182. The number of piperazine rings is 1. The molecular formula is C22H31N5O. The lowest BCUT2D eigenvalue weighted by molar-refractivity contribution is 0.251. The Bertz CT molecular complexity index is 760. The van der Waals surface area contributed by atoms with Crippen LogP contribution in [0.1, 0.15) is 30.5 Å². The minimum Gasteiger partial charge on any atom is -0.354 e. The number of likely N-dealkylation sites (N-methyl/N-ethyl adjacent to an activating group) is 1. The van der Waals surface area contributed by atoms with Crippen molar-refractivity contribution in [3.8, 4) is 0 Å². The van der Waals surface area contributed by atoms with Crippen molar-refractivity contribution in [2.45, 2.75) is 33.2 Å². The predicted octanol–water partition coefficient (Wildman–Crippen LogP) is 3.28.